The zero-order valence-electron chi connectivity index (χ0n) is 18.2. The van der Waals surface area contributed by atoms with Gasteiger partial charge in [0.15, 0.2) is 0 Å². The van der Waals surface area contributed by atoms with Gasteiger partial charge in [-0.1, -0.05) is 96.5 Å². The van der Waals surface area contributed by atoms with Crippen LogP contribution >= 0.6 is 11.6 Å². The molecule has 0 aliphatic carbocycles. The molecule has 2 nitrogen and oxygen atoms in total. The van der Waals surface area contributed by atoms with Gasteiger partial charge in [-0.15, -0.1) is 0 Å². The van der Waals surface area contributed by atoms with E-state index >= 15 is 0 Å². The van der Waals surface area contributed by atoms with Gasteiger partial charge in [0.25, 0.3) is 0 Å². The van der Waals surface area contributed by atoms with Gasteiger partial charge in [0, 0.05) is 37.8 Å². The fraction of sp³-hybridized carbons (Fsp3) is 0. The van der Waals surface area contributed by atoms with Gasteiger partial charge in [-0.3, -0.25) is 0 Å². The lowest BCUT2D eigenvalue weighted by atomic mass is 9.99. The summed E-state index contributed by atoms with van der Waals surface area (Å²) in [5.74, 6) is 0. The van der Waals surface area contributed by atoms with Crippen molar-refractivity contribution in [1.29, 1.82) is 0 Å². The van der Waals surface area contributed by atoms with E-state index in [-0.39, 0.29) is 0 Å². The van der Waals surface area contributed by atoms with E-state index in [0.29, 0.717) is 0 Å². The van der Waals surface area contributed by atoms with Crippen LogP contribution < -0.4 is 0 Å². The largest absolute Gasteiger partial charge is 0.307 e. The van der Waals surface area contributed by atoms with Crippen LogP contribution in [0.5, 0.6) is 0 Å². The maximum atomic E-state index is 6.45. The molecule has 0 aliphatic heterocycles. The fourth-order valence-corrected chi connectivity index (χ4v) is 5.32. The minimum absolute atomic E-state index is 0.733. The van der Waals surface area contributed by atoms with Crippen molar-refractivity contribution in [3.05, 3.63) is 120 Å². The highest BCUT2D eigenvalue weighted by Crippen LogP contribution is 2.40. The summed E-state index contributed by atoms with van der Waals surface area (Å²) < 4.78 is 2.32. The standard InChI is InChI=1S/C31H19ClN2/c32-21-15-18-28-27(19-21)26-17-16-25-23-13-7-8-14-24(23)29(20-9-3-1-4-10-20)33-30(25)31(26)34(28)22-11-5-2-6-12-22/h1-19H. The minimum Gasteiger partial charge on any atom is -0.307 e. The molecule has 7 aromatic rings. The number of nitrogens with zero attached hydrogens (tertiary/aromatic N) is 2. The van der Waals surface area contributed by atoms with Crippen LogP contribution in [0.3, 0.4) is 0 Å². The highest BCUT2D eigenvalue weighted by molar-refractivity contribution is 6.32. The molecule has 160 valence electrons. The molecule has 0 saturated heterocycles. The van der Waals surface area contributed by atoms with Crippen molar-refractivity contribution in [3.63, 3.8) is 0 Å². The molecule has 0 N–H and O–H groups in total. The van der Waals surface area contributed by atoms with Crippen molar-refractivity contribution < 1.29 is 0 Å². The van der Waals surface area contributed by atoms with E-state index in [1.54, 1.807) is 0 Å². The van der Waals surface area contributed by atoms with Crippen molar-refractivity contribution in [2.75, 3.05) is 0 Å². The molecule has 0 spiro atoms. The van der Waals surface area contributed by atoms with Crippen LogP contribution in [-0.4, -0.2) is 9.55 Å². The number of halogens is 1. The summed E-state index contributed by atoms with van der Waals surface area (Å²) in [6.45, 7) is 0. The van der Waals surface area contributed by atoms with Crippen molar-refractivity contribution in [1.82, 2.24) is 9.55 Å². The second kappa shape index (κ2) is 7.44. The zero-order chi connectivity index (χ0) is 22.6. The molecule has 0 radical (unpaired) electrons. The summed E-state index contributed by atoms with van der Waals surface area (Å²) in [5, 5.41) is 6.52. The van der Waals surface area contributed by atoms with Crippen LogP contribution in [0.15, 0.2) is 115 Å². The summed E-state index contributed by atoms with van der Waals surface area (Å²) in [4.78, 5) is 5.35. The van der Waals surface area contributed by atoms with Crippen molar-refractivity contribution in [3.8, 4) is 16.9 Å². The number of hydrogen-bond acceptors (Lipinski definition) is 1. The molecule has 2 heterocycles. The van der Waals surface area contributed by atoms with E-state index in [1.807, 2.05) is 18.2 Å². The molecule has 0 bridgehead atoms. The lowest BCUT2D eigenvalue weighted by Gasteiger charge is -2.13. The summed E-state index contributed by atoms with van der Waals surface area (Å²) in [5.41, 5.74) is 6.43. The number of pyridine rings is 1. The Kier molecular flexibility index (Phi) is 4.23. The number of fused-ring (bicyclic) bond motifs is 7. The maximum Gasteiger partial charge on any atom is 0.0962 e. The quantitative estimate of drug-likeness (QED) is 0.238. The maximum absolute atomic E-state index is 6.45. The molecule has 0 fully saturated rings. The van der Waals surface area contributed by atoms with E-state index in [1.165, 1.54) is 5.39 Å². The number of para-hydroxylation sites is 1. The Labute approximate surface area is 201 Å². The van der Waals surface area contributed by atoms with E-state index < -0.39 is 0 Å². The second-order valence-electron chi connectivity index (χ2n) is 8.56. The first-order chi connectivity index (χ1) is 16.8. The fourth-order valence-electron chi connectivity index (χ4n) is 5.15. The van der Waals surface area contributed by atoms with E-state index in [2.05, 4.69) is 102 Å². The monoisotopic (exact) mass is 454 g/mol. The molecule has 7 rings (SSSR count). The first-order valence-corrected chi connectivity index (χ1v) is 11.7. The second-order valence-corrected chi connectivity index (χ2v) is 9.00. The summed E-state index contributed by atoms with van der Waals surface area (Å²) in [6, 6.07) is 40.0. The van der Waals surface area contributed by atoms with Crippen molar-refractivity contribution in [2.24, 2.45) is 0 Å². The smallest absolute Gasteiger partial charge is 0.0962 e. The topological polar surface area (TPSA) is 17.8 Å². The van der Waals surface area contributed by atoms with Gasteiger partial charge in [-0.05, 0) is 35.7 Å². The van der Waals surface area contributed by atoms with Crippen LogP contribution in [0.2, 0.25) is 5.02 Å². The molecule has 2 aromatic heterocycles. The van der Waals surface area contributed by atoms with Crippen molar-refractivity contribution in [2.45, 2.75) is 0 Å². The first-order valence-electron chi connectivity index (χ1n) is 11.4. The van der Waals surface area contributed by atoms with Gasteiger partial charge < -0.3 is 4.57 Å². The van der Waals surface area contributed by atoms with Gasteiger partial charge in [0.05, 0.1) is 22.2 Å². The minimum atomic E-state index is 0.733. The van der Waals surface area contributed by atoms with Crippen LogP contribution in [0.25, 0.3) is 60.4 Å². The molecule has 0 atom stereocenters. The number of hydrogen-bond donors (Lipinski definition) is 0. The van der Waals surface area contributed by atoms with Crippen molar-refractivity contribution >= 4 is 55.1 Å². The number of benzene rings is 5. The van der Waals surface area contributed by atoms with E-state index in [0.717, 1.165) is 60.1 Å². The molecule has 0 aliphatic rings. The Balaban J connectivity index is 1.74. The van der Waals surface area contributed by atoms with Crippen LogP contribution in [0, 0.1) is 0 Å². The third kappa shape index (κ3) is 2.79. The van der Waals surface area contributed by atoms with Gasteiger partial charge in [-0.25, -0.2) is 4.98 Å². The van der Waals surface area contributed by atoms with Crippen LogP contribution in [0.4, 0.5) is 0 Å². The normalized spacial score (nSPS) is 11.7. The summed E-state index contributed by atoms with van der Waals surface area (Å²) >= 11 is 6.45. The average Bonchev–Trinajstić information content (AvgIpc) is 3.23. The van der Waals surface area contributed by atoms with E-state index in [4.69, 9.17) is 16.6 Å². The van der Waals surface area contributed by atoms with Crippen LogP contribution in [0.1, 0.15) is 0 Å². The van der Waals surface area contributed by atoms with E-state index in [9.17, 15) is 0 Å². The molecule has 0 unspecified atom stereocenters. The Morgan fingerprint density at radius 2 is 1.24 bits per heavy atom. The third-order valence-electron chi connectivity index (χ3n) is 6.62. The van der Waals surface area contributed by atoms with Gasteiger partial charge in [0.1, 0.15) is 0 Å². The highest BCUT2D eigenvalue weighted by atomic mass is 35.5. The predicted molar refractivity (Wildman–Crippen MR) is 144 cm³/mol. The molecular formula is C31H19ClN2. The predicted octanol–water partition coefficient (Wildman–Crippen LogP) is 8.81. The number of rotatable bonds is 2. The zero-order valence-corrected chi connectivity index (χ0v) is 19.0. The number of aromatic nitrogens is 2. The summed E-state index contributed by atoms with van der Waals surface area (Å²) in [7, 11) is 0. The third-order valence-corrected chi connectivity index (χ3v) is 6.86. The molecule has 0 saturated carbocycles. The lowest BCUT2D eigenvalue weighted by molar-refractivity contribution is 1.18. The Morgan fingerprint density at radius 1 is 0.559 bits per heavy atom. The Morgan fingerprint density at radius 3 is 2.03 bits per heavy atom. The van der Waals surface area contributed by atoms with Gasteiger partial charge >= 0.3 is 0 Å². The lowest BCUT2D eigenvalue weighted by Crippen LogP contribution is -1.96. The SMILES string of the molecule is Clc1ccc2c(c1)c1ccc3c4ccccc4c(-c4ccccc4)nc3c1n2-c1ccccc1. The average molecular weight is 455 g/mol. The molecule has 5 aromatic carbocycles. The molecule has 0 amide bonds. The summed E-state index contributed by atoms with van der Waals surface area (Å²) in [6.07, 6.45) is 0. The van der Waals surface area contributed by atoms with Gasteiger partial charge in [0.2, 0.25) is 0 Å². The highest BCUT2D eigenvalue weighted by Gasteiger charge is 2.19. The molecule has 3 heteroatoms. The molecular weight excluding hydrogens is 436 g/mol. The van der Waals surface area contributed by atoms with Crippen LogP contribution in [-0.2, 0) is 0 Å². The Bertz CT molecular complexity index is 1850. The van der Waals surface area contributed by atoms with Gasteiger partial charge in [-0.2, -0.15) is 0 Å². The first kappa shape index (κ1) is 19.3. The Hall–Kier alpha value is -4.14. The molecule has 34 heavy (non-hydrogen) atoms.